The van der Waals surface area contributed by atoms with Crippen molar-refractivity contribution in [3.63, 3.8) is 0 Å². The molecule has 0 N–H and O–H groups in total. The lowest BCUT2D eigenvalue weighted by Crippen LogP contribution is -2.39. The summed E-state index contributed by atoms with van der Waals surface area (Å²) in [6.07, 6.45) is 1.94. The van der Waals surface area contributed by atoms with E-state index in [1.54, 1.807) is 32.9 Å². The predicted molar refractivity (Wildman–Crippen MR) is 158 cm³/mol. The minimum absolute atomic E-state index is 0.128. The van der Waals surface area contributed by atoms with Crippen LogP contribution < -0.4 is 4.31 Å². The summed E-state index contributed by atoms with van der Waals surface area (Å²) in [5.74, 6) is -0.687. The summed E-state index contributed by atoms with van der Waals surface area (Å²) in [5.41, 5.74) is 1.41. The van der Waals surface area contributed by atoms with Crippen LogP contribution in [0.5, 0.6) is 0 Å². The summed E-state index contributed by atoms with van der Waals surface area (Å²) in [5, 5.41) is 3.34. The average Bonchev–Trinajstić information content (AvgIpc) is 3.28. The lowest BCUT2D eigenvalue weighted by Gasteiger charge is -2.26. The van der Waals surface area contributed by atoms with Gasteiger partial charge in [-0.2, -0.15) is 0 Å². The first-order chi connectivity index (χ1) is 18.4. The van der Waals surface area contributed by atoms with E-state index >= 15 is 0 Å². The number of aromatic nitrogens is 1. The number of carbonyl (C=O) groups excluding carboxylic acids is 1. The molecule has 0 amide bonds. The molecule has 0 aliphatic carbocycles. The van der Waals surface area contributed by atoms with Gasteiger partial charge in [-0.25, -0.2) is 8.42 Å². The Bertz CT molecular complexity index is 1800. The fraction of sp³-hybridized carbons (Fsp3) is 0.167. The molecule has 39 heavy (non-hydrogen) atoms. The first-order valence-electron chi connectivity index (χ1n) is 12.2. The highest BCUT2D eigenvalue weighted by Crippen LogP contribution is 2.33. The standard InChI is InChI=1S/C30H26Cl2N2O4S/c1-30(2,3)38-29(35)19-34(39(36,37)25-17-22(31)16-23(32)18-25)24-11-12-27-21(15-24)13-14-33(27)28-10-6-8-20-7-4-5-9-26(20)28/h4-18H,19H2,1-3H3. The molecule has 1 aromatic heterocycles. The molecule has 0 fully saturated rings. The molecule has 0 spiro atoms. The van der Waals surface area contributed by atoms with E-state index in [-0.39, 0.29) is 14.9 Å². The molecule has 0 unspecified atom stereocenters. The first kappa shape index (κ1) is 27.1. The number of ether oxygens (including phenoxy) is 1. The van der Waals surface area contributed by atoms with E-state index in [1.165, 1.54) is 18.2 Å². The monoisotopic (exact) mass is 580 g/mol. The Morgan fingerprint density at radius 2 is 1.56 bits per heavy atom. The molecule has 0 saturated carbocycles. The van der Waals surface area contributed by atoms with Crippen molar-refractivity contribution in [2.24, 2.45) is 0 Å². The van der Waals surface area contributed by atoms with Crippen molar-refractivity contribution in [3.8, 4) is 5.69 Å². The summed E-state index contributed by atoms with van der Waals surface area (Å²) < 4.78 is 36.2. The molecular formula is C30H26Cl2N2O4S. The van der Waals surface area contributed by atoms with Crippen LogP contribution in [0.4, 0.5) is 5.69 Å². The van der Waals surface area contributed by atoms with Crippen LogP contribution >= 0.6 is 23.2 Å². The second-order valence-electron chi connectivity index (χ2n) is 10.1. The zero-order valence-corrected chi connectivity index (χ0v) is 23.9. The molecular weight excluding hydrogens is 555 g/mol. The smallest absolute Gasteiger partial charge is 0.327 e. The van der Waals surface area contributed by atoms with Crippen molar-refractivity contribution >= 4 is 66.6 Å². The lowest BCUT2D eigenvalue weighted by atomic mass is 10.1. The van der Waals surface area contributed by atoms with Crippen molar-refractivity contribution in [3.05, 3.63) is 101 Å². The second-order valence-corrected chi connectivity index (χ2v) is 12.9. The highest BCUT2D eigenvalue weighted by atomic mass is 35.5. The molecule has 200 valence electrons. The van der Waals surface area contributed by atoms with Crippen molar-refractivity contribution < 1.29 is 17.9 Å². The van der Waals surface area contributed by atoms with Crippen LogP contribution in [0.2, 0.25) is 10.0 Å². The topological polar surface area (TPSA) is 68.6 Å². The van der Waals surface area contributed by atoms with E-state index in [0.29, 0.717) is 5.69 Å². The Balaban J connectivity index is 1.61. The van der Waals surface area contributed by atoms with Crippen LogP contribution in [0, 0.1) is 0 Å². The Morgan fingerprint density at radius 3 is 2.28 bits per heavy atom. The molecule has 5 aromatic rings. The van der Waals surface area contributed by atoms with Crippen LogP contribution in [0.25, 0.3) is 27.4 Å². The van der Waals surface area contributed by atoms with E-state index in [9.17, 15) is 13.2 Å². The number of carbonyl (C=O) groups is 1. The molecule has 0 aliphatic rings. The number of esters is 1. The fourth-order valence-electron chi connectivity index (χ4n) is 4.52. The zero-order valence-electron chi connectivity index (χ0n) is 21.6. The maximum absolute atomic E-state index is 13.8. The number of benzene rings is 4. The minimum Gasteiger partial charge on any atom is -0.459 e. The Labute approximate surface area is 237 Å². The SMILES string of the molecule is CC(C)(C)OC(=O)CN(c1ccc2c(ccn2-c2cccc3ccccc23)c1)S(=O)(=O)c1cc(Cl)cc(Cl)c1. The van der Waals surface area contributed by atoms with Gasteiger partial charge in [0.1, 0.15) is 12.1 Å². The number of nitrogens with zero attached hydrogens (tertiary/aromatic N) is 2. The van der Waals surface area contributed by atoms with Gasteiger partial charge >= 0.3 is 5.97 Å². The number of fused-ring (bicyclic) bond motifs is 2. The maximum atomic E-state index is 13.8. The van der Waals surface area contributed by atoms with Crippen LogP contribution in [0.15, 0.2) is 96.0 Å². The highest BCUT2D eigenvalue weighted by molar-refractivity contribution is 7.92. The largest absolute Gasteiger partial charge is 0.459 e. The molecule has 6 nitrogen and oxygen atoms in total. The van der Waals surface area contributed by atoms with Gasteiger partial charge in [0.05, 0.1) is 21.8 Å². The Hall–Kier alpha value is -3.52. The Morgan fingerprint density at radius 1 is 0.872 bits per heavy atom. The predicted octanol–water partition coefficient (Wildman–Crippen LogP) is 7.63. The second kappa shape index (κ2) is 10.2. The van der Waals surface area contributed by atoms with Crippen molar-refractivity contribution in [2.75, 3.05) is 10.8 Å². The summed E-state index contributed by atoms with van der Waals surface area (Å²) >= 11 is 12.2. The summed E-state index contributed by atoms with van der Waals surface area (Å²) in [4.78, 5) is 12.7. The van der Waals surface area contributed by atoms with Crippen molar-refractivity contribution in [1.29, 1.82) is 0 Å². The quantitative estimate of drug-likeness (QED) is 0.194. The van der Waals surface area contributed by atoms with Gasteiger partial charge in [-0.3, -0.25) is 9.10 Å². The van der Waals surface area contributed by atoms with Gasteiger partial charge in [0, 0.05) is 27.0 Å². The number of halogens is 2. The van der Waals surface area contributed by atoms with Gasteiger partial charge in [-0.05, 0) is 74.7 Å². The lowest BCUT2D eigenvalue weighted by molar-refractivity contribution is -0.152. The molecule has 0 saturated heterocycles. The van der Waals surface area contributed by atoms with E-state index in [0.717, 1.165) is 31.7 Å². The molecule has 0 radical (unpaired) electrons. The molecule has 0 atom stereocenters. The van der Waals surface area contributed by atoms with E-state index in [1.807, 2.05) is 42.6 Å². The molecule has 1 heterocycles. The van der Waals surface area contributed by atoms with E-state index in [4.69, 9.17) is 27.9 Å². The molecule has 0 aliphatic heterocycles. The first-order valence-corrected chi connectivity index (χ1v) is 14.4. The molecule has 5 rings (SSSR count). The number of rotatable bonds is 6. The summed E-state index contributed by atoms with van der Waals surface area (Å²) in [7, 11) is -4.24. The number of sulfonamides is 1. The van der Waals surface area contributed by atoms with Crippen LogP contribution in [0.1, 0.15) is 20.8 Å². The third kappa shape index (κ3) is 5.62. The zero-order chi connectivity index (χ0) is 27.9. The third-order valence-corrected chi connectivity index (χ3v) is 8.29. The maximum Gasteiger partial charge on any atom is 0.327 e. The van der Waals surface area contributed by atoms with Crippen molar-refractivity contribution in [2.45, 2.75) is 31.3 Å². The molecule has 0 bridgehead atoms. The normalized spacial score (nSPS) is 12.1. The van der Waals surface area contributed by atoms with Gasteiger partial charge in [0.15, 0.2) is 0 Å². The minimum atomic E-state index is -4.24. The van der Waals surface area contributed by atoms with E-state index in [2.05, 4.69) is 22.8 Å². The van der Waals surface area contributed by atoms with Gasteiger partial charge in [0.25, 0.3) is 10.0 Å². The van der Waals surface area contributed by atoms with Crippen LogP contribution in [-0.2, 0) is 19.6 Å². The molecule has 4 aromatic carbocycles. The average molecular weight is 582 g/mol. The van der Waals surface area contributed by atoms with Gasteiger partial charge < -0.3 is 9.30 Å². The number of anilines is 1. The number of hydrogen-bond acceptors (Lipinski definition) is 4. The highest BCUT2D eigenvalue weighted by Gasteiger charge is 2.30. The summed E-state index contributed by atoms with van der Waals surface area (Å²) in [6.45, 7) is 4.65. The third-order valence-electron chi connectivity index (χ3n) is 6.10. The van der Waals surface area contributed by atoms with Gasteiger partial charge in [-0.1, -0.05) is 59.6 Å². The van der Waals surface area contributed by atoms with Crippen molar-refractivity contribution in [1.82, 2.24) is 4.57 Å². The number of hydrogen-bond donors (Lipinski definition) is 0. The molecule has 9 heteroatoms. The van der Waals surface area contributed by atoms with Gasteiger partial charge in [-0.15, -0.1) is 0 Å². The van der Waals surface area contributed by atoms with Crippen LogP contribution in [-0.4, -0.2) is 31.1 Å². The van der Waals surface area contributed by atoms with Crippen LogP contribution in [0.3, 0.4) is 0 Å². The van der Waals surface area contributed by atoms with Gasteiger partial charge in [0.2, 0.25) is 0 Å². The van der Waals surface area contributed by atoms with E-state index < -0.39 is 28.1 Å². The Kier molecular flexibility index (Phi) is 7.10. The summed E-state index contributed by atoms with van der Waals surface area (Å²) in [6, 6.07) is 25.5. The fourth-order valence-corrected chi connectivity index (χ4v) is 6.65.